The minimum Gasteiger partial charge on any atom is -0.497 e. The van der Waals surface area contributed by atoms with Gasteiger partial charge in [0.25, 0.3) is 5.91 Å². The van der Waals surface area contributed by atoms with Crippen LogP contribution >= 0.6 is 0 Å². The van der Waals surface area contributed by atoms with E-state index in [1.165, 1.54) is 0 Å². The van der Waals surface area contributed by atoms with Crippen LogP contribution in [0.5, 0.6) is 23.0 Å². The average molecular weight is 410 g/mol. The van der Waals surface area contributed by atoms with E-state index in [9.17, 15) is 4.79 Å². The van der Waals surface area contributed by atoms with Crippen LogP contribution in [0, 0.1) is 0 Å². The molecule has 1 aliphatic rings. The highest BCUT2D eigenvalue weighted by Gasteiger charge is 2.21. The smallest absolute Gasteiger partial charge is 0.254 e. The van der Waals surface area contributed by atoms with E-state index >= 15 is 0 Å². The highest BCUT2D eigenvalue weighted by molar-refractivity contribution is 5.95. The minimum atomic E-state index is -0.126. The fraction of sp³-hybridized carbons (Fsp3) is 0.273. The third-order valence-corrected chi connectivity index (χ3v) is 4.87. The molecule has 0 atom stereocenters. The molecule has 0 aliphatic carbocycles. The van der Waals surface area contributed by atoms with Crippen LogP contribution in [-0.4, -0.2) is 43.5 Å². The van der Waals surface area contributed by atoms with Crippen molar-refractivity contribution in [3.63, 3.8) is 0 Å². The second kappa shape index (κ2) is 8.36. The fourth-order valence-corrected chi connectivity index (χ4v) is 3.25. The zero-order valence-corrected chi connectivity index (χ0v) is 17.0. The van der Waals surface area contributed by atoms with Crippen LogP contribution < -0.4 is 18.9 Å². The number of methoxy groups -OCH3 is 2. The number of rotatable bonds is 7. The van der Waals surface area contributed by atoms with Gasteiger partial charge in [-0.25, -0.2) is 0 Å². The Kier molecular flexibility index (Phi) is 5.47. The van der Waals surface area contributed by atoms with Crippen molar-refractivity contribution in [2.75, 3.05) is 27.6 Å². The van der Waals surface area contributed by atoms with Gasteiger partial charge in [0, 0.05) is 18.2 Å². The van der Waals surface area contributed by atoms with E-state index in [4.69, 9.17) is 23.5 Å². The highest BCUT2D eigenvalue weighted by atomic mass is 16.7. The molecule has 1 aromatic heterocycles. The minimum absolute atomic E-state index is 0.126. The summed E-state index contributed by atoms with van der Waals surface area (Å²) in [5, 5.41) is 4.14. The van der Waals surface area contributed by atoms with Crippen LogP contribution in [0.25, 0.3) is 11.3 Å². The lowest BCUT2D eigenvalue weighted by Crippen LogP contribution is -2.30. The first-order valence-electron chi connectivity index (χ1n) is 9.49. The molecule has 30 heavy (non-hydrogen) atoms. The van der Waals surface area contributed by atoms with Gasteiger partial charge >= 0.3 is 0 Å². The van der Waals surface area contributed by atoms with Crippen LogP contribution in [0.15, 0.2) is 47.0 Å². The molecule has 2 aromatic carbocycles. The summed E-state index contributed by atoms with van der Waals surface area (Å²) in [7, 11) is 3.18. The molecule has 8 heteroatoms. The number of hydrogen-bond donors (Lipinski definition) is 0. The van der Waals surface area contributed by atoms with Crippen LogP contribution in [-0.2, 0) is 6.54 Å². The molecule has 2 heterocycles. The average Bonchev–Trinajstić information content (AvgIpc) is 3.45. The molecule has 0 unspecified atom stereocenters. The largest absolute Gasteiger partial charge is 0.497 e. The second-order valence-corrected chi connectivity index (χ2v) is 6.64. The molecular formula is C22H22N2O6. The predicted molar refractivity (Wildman–Crippen MR) is 108 cm³/mol. The van der Waals surface area contributed by atoms with Gasteiger partial charge in [0.15, 0.2) is 17.3 Å². The summed E-state index contributed by atoms with van der Waals surface area (Å²) in [5.41, 5.74) is 1.88. The molecule has 0 bridgehead atoms. The molecule has 0 spiro atoms. The van der Waals surface area contributed by atoms with Crippen molar-refractivity contribution in [1.82, 2.24) is 10.1 Å². The van der Waals surface area contributed by atoms with Crippen molar-refractivity contribution >= 4 is 5.91 Å². The monoisotopic (exact) mass is 410 g/mol. The lowest BCUT2D eigenvalue weighted by Gasteiger charge is -2.19. The zero-order valence-electron chi connectivity index (χ0n) is 17.0. The van der Waals surface area contributed by atoms with Crippen LogP contribution in [0.1, 0.15) is 23.0 Å². The number of benzene rings is 2. The summed E-state index contributed by atoms with van der Waals surface area (Å²) < 4.78 is 26.9. The summed E-state index contributed by atoms with van der Waals surface area (Å²) in [4.78, 5) is 14.7. The Hall–Kier alpha value is -3.68. The number of carbonyl (C=O) groups excluding carboxylic acids is 1. The Bertz CT molecular complexity index is 1060. The Morgan fingerprint density at radius 3 is 2.67 bits per heavy atom. The first-order valence-corrected chi connectivity index (χ1v) is 9.49. The lowest BCUT2D eigenvalue weighted by atomic mass is 10.1. The molecule has 0 saturated carbocycles. The second-order valence-electron chi connectivity index (χ2n) is 6.64. The third-order valence-electron chi connectivity index (χ3n) is 4.87. The van der Waals surface area contributed by atoms with E-state index in [0.717, 1.165) is 5.56 Å². The topological polar surface area (TPSA) is 83.3 Å². The Morgan fingerprint density at radius 2 is 1.90 bits per heavy atom. The number of aromatic nitrogens is 1. The molecule has 8 nitrogen and oxygen atoms in total. The van der Waals surface area contributed by atoms with E-state index in [0.29, 0.717) is 53.1 Å². The quantitative estimate of drug-likeness (QED) is 0.587. The Morgan fingerprint density at radius 1 is 1.07 bits per heavy atom. The summed E-state index contributed by atoms with van der Waals surface area (Å²) in [6.07, 6.45) is 0. The molecule has 4 rings (SSSR count). The summed E-state index contributed by atoms with van der Waals surface area (Å²) in [5.74, 6) is 2.94. The van der Waals surface area contributed by atoms with E-state index < -0.39 is 0 Å². The number of ether oxygens (including phenoxy) is 4. The SMILES string of the molecule is CCN(Cc1cc(-c2cc(OC)ccc2OC)on1)C(=O)c1ccc2c(c1)OCO2. The maximum atomic E-state index is 13.0. The number of carbonyl (C=O) groups is 1. The van der Waals surface area contributed by atoms with Crippen LogP contribution in [0.4, 0.5) is 0 Å². The van der Waals surface area contributed by atoms with Gasteiger partial charge in [0.1, 0.15) is 17.2 Å². The Labute approximate surface area is 173 Å². The summed E-state index contributed by atoms with van der Waals surface area (Å²) in [6, 6.07) is 12.4. The van der Waals surface area contributed by atoms with Crippen molar-refractivity contribution in [3.8, 4) is 34.3 Å². The first kappa shape index (κ1) is 19.6. The number of amides is 1. The van der Waals surface area contributed by atoms with Crippen molar-refractivity contribution in [1.29, 1.82) is 0 Å². The highest BCUT2D eigenvalue weighted by Crippen LogP contribution is 2.35. The number of fused-ring (bicyclic) bond motifs is 1. The maximum absolute atomic E-state index is 13.0. The van der Waals surface area contributed by atoms with Crippen LogP contribution in [0.3, 0.4) is 0 Å². The molecule has 1 aliphatic heterocycles. The normalized spacial score (nSPS) is 12.0. The number of nitrogens with zero attached hydrogens (tertiary/aromatic N) is 2. The zero-order chi connectivity index (χ0) is 21.1. The molecule has 0 fully saturated rings. The van der Waals surface area contributed by atoms with Gasteiger partial charge in [-0.1, -0.05) is 5.16 Å². The van der Waals surface area contributed by atoms with Gasteiger partial charge in [-0.05, 0) is 43.3 Å². The first-order chi connectivity index (χ1) is 14.6. The van der Waals surface area contributed by atoms with Gasteiger partial charge in [-0.2, -0.15) is 0 Å². The summed E-state index contributed by atoms with van der Waals surface area (Å²) in [6.45, 7) is 2.90. The molecule has 0 N–H and O–H groups in total. The van der Waals surface area contributed by atoms with E-state index in [-0.39, 0.29) is 12.7 Å². The maximum Gasteiger partial charge on any atom is 0.254 e. The van der Waals surface area contributed by atoms with Crippen LogP contribution in [0.2, 0.25) is 0 Å². The molecule has 156 valence electrons. The van der Waals surface area contributed by atoms with Crippen molar-refractivity contribution < 1.29 is 28.3 Å². The molecule has 1 amide bonds. The third kappa shape index (κ3) is 3.76. The fourth-order valence-electron chi connectivity index (χ4n) is 3.25. The van der Waals surface area contributed by atoms with E-state index in [2.05, 4.69) is 5.16 Å². The van der Waals surface area contributed by atoms with E-state index in [1.807, 2.05) is 19.1 Å². The van der Waals surface area contributed by atoms with Gasteiger partial charge in [0.2, 0.25) is 6.79 Å². The number of hydrogen-bond acceptors (Lipinski definition) is 7. The van der Waals surface area contributed by atoms with Gasteiger partial charge < -0.3 is 28.4 Å². The predicted octanol–water partition coefficient (Wildman–Crippen LogP) is 3.75. The van der Waals surface area contributed by atoms with Crippen molar-refractivity contribution in [2.24, 2.45) is 0 Å². The van der Waals surface area contributed by atoms with Crippen molar-refractivity contribution in [3.05, 3.63) is 53.7 Å². The van der Waals surface area contributed by atoms with Gasteiger partial charge in [0.05, 0.1) is 26.3 Å². The van der Waals surface area contributed by atoms with Gasteiger partial charge in [-0.15, -0.1) is 0 Å². The molecule has 0 radical (unpaired) electrons. The summed E-state index contributed by atoms with van der Waals surface area (Å²) >= 11 is 0. The van der Waals surface area contributed by atoms with Crippen molar-refractivity contribution in [2.45, 2.75) is 13.5 Å². The standard InChI is InChI=1S/C22H22N2O6/c1-4-24(22(25)14-5-7-19-21(9-14)29-13-28-19)12-15-10-20(30-23-15)17-11-16(26-2)6-8-18(17)27-3/h5-11H,4,12-13H2,1-3H3. The van der Waals surface area contributed by atoms with E-state index in [1.54, 1.807) is 49.5 Å². The molecule has 0 saturated heterocycles. The van der Waals surface area contributed by atoms with Gasteiger partial charge in [-0.3, -0.25) is 4.79 Å². The Balaban J connectivity index is 1.54. The lowest BCUT2D eigenvalue weighted by molar-refractivity contribution is 0.0748. The molecule has 3 aromatic rings. The molecular weight excluding hydrogens is 388 g/mol.